The van der Waals surface area contributed by atoms with Crippen molar-refractivity contribution in [3.05, 3.63) is 41.2 Å². The zero-order valence-corrected chi connectivity index (χ0v) is 16.8. The van der Waals surface area contributed by atoms with Crippen LogP contribution < -0.4 is 9.30 Å². The van der Waals surface area contributed by atoms with Gasteiger partial charge in [0, 0.05) is 13.6 Å². The molecule has 0 N–H and O–H groups in total. The third-order valence-corrected chi connectivity index (χ3v) is 5.64. The number of aromatic nitrogens is 2. The minimum Gasteiger partial charge on any atom is -0.497 e. The topological polar surface area (TPSA) is 71.0 Å². The van der Waals surface area contributed by atoms with Crippen LogP contribution in [0.4, 0.5) is 10.7 Å². The summed E-state index contributed by atoms with van der Waals surface area (Å²) in [7, 11) is 3.32. The molecule has 1 saturated heterocycles. The number of methoxy groups -OCH3 is 1. The minimum absolute atomic E-state index is 0.224. The zero-order chi connectivity index (χ0) is 20.2. The first-order chi connectivity index (χ1) is 13.4. The SMILES string of the molecule is CCN1C(=O)C2C(=Nc3n2c(C)c(C)[n+]3Cc2ccc(OC)cc2)N(C)C1=O. The van der Waals surface area contributed by atoms with Crippen LogP contribution in [0.3, 0.4) is 0 Å². The average molecular weight is 382 g/mol. The normalized spacial score (nSPS) is 18.3. The van der Waals surface area contributed by atoms with Crippen LogP contribution in [-0.4, -0.2) is 52.8 Å². The summed E-state index contributed by atoms with van der Waals surface area (Å²) in [6.07, 6.45) is 0. The van der Waals surface area contributed by atoms with Crippen LogP contribution in [-0.2, 0) is 11.3 Å². The molecule has 3 heterocycles. The molecule has 1 atom stereocenters. The first kappa shape index (κ1) is 18.2. The lowest BCUT2D eigenvalue weighted by atomic mass is 10.1. The molecule has 2 aromatic rings. The highest BCUT2D eigenvalue weighted by Gasteiger charge is 2.53. The number of benzene rings is 1. The molecule has 28 heavy (non-hydrogen) atoms. The third kappa shape index (κ3) is 2.44. The van der Waals surface area contributed by atoms with E-state index >= 15 is 0 Å². The van der Waals surface area contributed by atoms with E-state index in [0.717, 1.165) is 22.7 Å². The van der Waals surface area contributed by atoms with Crippen molar-refractivity contribution in [1.82, 2.24) is 14.4 Å². The number of amides is 3. The monoisotopic (exact) mass is 382 g/mol. The van der Waals surface area contributed by atoms with Crippen LogP contribution in [0.5, 0.6) is 5.75 Å². The molecular weight excluding hydrogens is 358 g/mol. The van der Waals surface area contributed by atoms with Crippen LogP contribution in [0, 0.1) is 13.8 Å². The summed E-state index contributed by atoms with van der Waals surface area (Å²) >= 11 is 0. The maximum absolute atomic E-state index is 13.0. The molecule has 1 aromatic heterocycles. The number of nitrogens with zero attached hydrogens (tertiary/aromatic N) is 5. The number of ether oxygens (including phenoxy) is 1. The predicted molar refractivity (Wildman–Crippen MR) is 103 cm³/mol. The van der Waals surface area contributed by atoms with Gasteiger partial charge in [0.1, 0.15) is 17.1 Å². The highest BCUT2D eigenvalue weighted by atomic mass is 16.5. The van der Waals surface area contributed by atoms with Crippen molar-refractivity contribution in [2.75, 3.05) is 20.7 Å². The Labute approximate surface area is 163 Å². The molecule has 0 aliphatic carbocycles. The van der Waals surface area contributed by atoms with E-state index in [1.165, 1.54) is 9.80 Å². The number of urea groups is 1. The lowest BCUT2D eigenvalue weighted by Crippen LogP contribution is -2.57. The quantitative estimate of drug-likeness (QED) is 0.759. The van der Waals surface area contributed by atoms with Crippen LogP contribution in [0.15, 0.2) is 29.3 Å². The minimum atomic E-state index is -0.589. The number of likely N-dealkylation sites (N-methyl/N-ethyl adjacent to an activating group) is 2. The Morgan fingerprint density at radius 2 is 1.86 bits per heavy atom. The Balaban J connectivity index is 1.79. The van der Waals surface area contributed by atoms with Crippen LogP contribution in [0.25, 0.3) is 0 Å². The van der Waals surface area contributed by atoms with Crippen LogP contribution in [0.1, 0.15) is 29.9 Å². The van der Waals surface area contributed by atoms with Crippen LogP contribution >= 0.6 is 0 Å². The number of fused-ring (bicyclic) bond motifs is 3. The highest BCUT2D eigenvalue weighted by Crippen LogP contribution is 2.35. The number of carbonyl (C=O) groups excluding carboxylic acids is 2. The maximum Gasteiger partial charge on any atom is 0.402 e. The number of rotatable bonds is 4. The van der Waals surface area contributed by atoms with E-state index in [4.69, 9.17) is 9.73 Å². The van der Waals surface area contributed by atoms with Crippen molar-refractivity contribution in [3.8, 4) is 5.75 Å². The Hall–Kier alpha value is -3.16. The molecule has 146 valence electrons. The van der Waals surface area contributed by atoms with Gasteiger partial charge < -0.3 is 4.74 Å². The molecule has 1 aromatic carbocycles. The molecule has 2 aliphatic rings. The van der Waals surface area contributed by atoms with Crippen molar-refractivity contribution in [3.63, 3.8) is 0 Å². The molecule has 0 saturated carbocycles. The summed E-state index contributed by atoms with van der Waals surface area (Å²) in [6, 6.07) is 6.96. The highest BCUT2D eigenvalue weighted by molar-refractivity contribution is 6.20. The third-order valence-electron chi connectivity index (χ3n) is 5.64. The van der Waals surface area contributed by atoms with E-state index < -0.39 is 6.04 Å². The van der Waals surface area contributed by atoms with E-state index in [-0.39, 0.29) is 11.9 Å². The molecule has 8 nitrogen and oxygen atoms in total. The summed E-state index contributed by atoms with van der Waals surface area (Å²) in [5.74, 6) is 1.76. The van der Waals surface area contributed by atoms with E-state index in [1.807, 2.05) is 42.7 Å². The van der Waals surface area contributed by atoms with Gasteiger partial charge in [0.2, 0.25) is 11.9 Å². The van der Waals surface area contributed by atoms with Crippen molar-refractivity contribution >= 4 is 23.7 Å². The zero-order valence-electron chi connectivity index (χ0n) is 16.8. The molecule has 0 spiro atoms. The van der Waals surface area contributed by atoms with E-state index in [1.54, 1.807) is 21.1 Å². The second kappa shape index (κ2) is 6.47. The number of aliphatic imine (C=N–C) groups is 1. The molecule has 1 fully saturated rings. The number of carbonyl (C=O) groups is 2. The molecule has 1 unspecified atom stereocenters. The first-order valence-electron chi connectivity index (χ1n) is 9.30. The van der Waals surface area contributed by atoms with Crippen molar-refractivity contribution in [2.24, 2.45) is 4.99 Å². The lowest BCUT2D eigenvalue weighted by molar-refractivity contribution is -0.680. The summed E-state index contributed by atoms with van der Waals surface area (Å²) in [5, 5.41) is 0. The standard InChI is InChI=1S/C20H24N5O3/c1-6-23-18(26)16-17(22(4)20(23)27)21-19-24(12(2)13(3)25(16)19)11-14-7-9-15(28-5)10-8-14/h7-10,16H,6,11H2,1-5H3/q+1. The van der Waals surface area contributed by atoms with Crippen molar-refractivity contribution in [1.29, 1.82) is 0 Å². The van der Waals surface area contributed by atoms with Gasteiger partial charge in [-0.25, -0.2) is 13.9 Å². The Bertz CT molecular complexity index is 1010. The molecular formula is C20H24N5O3+. The molecule has 0 bridgehead atoms. The summed E-state index contributed by atoms with van der Waals surface area (Å²) in [5.41, 5.74) is 3.12. The van der Waals surface area contributed by atoms with Crippen molar-refractivity contribution < 1.29 is 18.9 Å². The lowest BCUT2D eigenvalue weighted by Gasteiger charge is -2.32. The number of amidine groups is 1. The van der Waals surface area contributed by atoms with Gasteiger partial charge in [-0.15, -0.1) is 0 Å². The molecule has 8 heteroatoms. The fraction of sp³-hybridized carbons (Fsp3) is 0.400. The molecule has 3 amide bonds. The summed E-state index contributed by atoms with van der Waals surface area (Å²) in [6.45, 7) is 6.78. The second-order valence-electron chi connectivity index (χ2n) is 7.07. The number of hydrogen-bond acceptors (Lipinski definition) is 4. The molecule has 0 radical (unpaired) electrons. The van der Waals surface area contributed by atoms with Gasteiger partial charge in [-0.1, -0.05) is 17.1 Å². The number of imide groups is 1. The van der Waals surface area contributed by atoms with Gasteiger partial charge in [0.25, 0.3) is 5.91 Å². The first-order valence-corrected chi connectivity index (χ1v) is 9.30. The van der Waals surface area contributed by atoms with Gasteiger partial charge >= 0.3 is 12.0 Å². The van der Waals surface area contributed by atoms with Gasteiger partial charge in [-0.3, -0.25) is 14.6 Å². The summed E-state index contributed by atoms with van der Waals surface area (Å²) < 4.78 is 9.26. The van der Waals surface area contributed by atoms with E-state index in [0.29, 0.717) is 24.9 Å². The smallest absolute Gasteiger partial charge is 0.402 e. The van der Waals surface area contributed by atoms with Crippen LogP contribution in [0.2, 0.25) is 0 Å². The Morgan fingerprint density at radius 3 is 2.46 bits per heavy atom. The average Bonchev–Trinajstić information content (AvgIpc) is 3.19. The van der Waals surface area contributed by atoms with Gasteiger partial charge in [-0.2, -0.15) is 0 Å². The molecule has 2 aliphatic heterocycles. The number of hydrogen-bond donors (Lipinski definition) is 0. The van der Waals surface area contributed by atoms with Gasteiger partial charge in [0.05, 0.1) is 13.7 Å². The Morgan fingerprint density at radius 1 is 1.18 bits per heavy atom. The fourth-order valence-corrected chi connectivity index (χ4v) is 3.90. The number of imidazole rings is 1. The van der Waals surface area contributed by atoms with E-state index in [2.05, 4.69) is 4.57 Å². The van der Waals surface area contributed by atoms with Gasteiger partial charge in [0.15, 0.2) is 0 Å². The fourth-order valence-electron chi connectivity index (χ4n) is 3.90. The van der Waals surface area contributed by atoms with Gasteiger partial charge in [-0.05, 0) is 38.5 Å². The Kier molecular flexibility index (Phi) is 4.21. The predicted octanol–water partition coefficient (Wildman–Crippen LogP) is 1.95. The maximum atomic E-state index is 13.0. The largest absolute Gasteiger partial charge is 0.497 e. The molecule has 4 rings (SSSR count). The second-order valence-corrected chi connectivity index (χ2v) is 7.07. The van der Waals surface area contributed by atoms with Crippen molar-refractivity contribution in [2.45, 2.75) is 33.4 Å². The van der Waals surface area contributed by atoms with E-state index in [9.17, 15) is 9.59 Å². The summed E-state index contributed by atoms with van der Waals surface area (Å²) in [4.78, 5) is 33.0.